The predicted molar refractivity (Wildman–Crippen MR) is 51.7 cm³/mol. The minimum Gasteiger partial charge on any atom is -0.396 e. The highest BCUT2D eigenvalue weighted by molar-refractivity contribution is 4.97. The van der Waals surface area contributed by atoms with Crippen LogP contribution in [0.5, 0.6) is 0 Å². The van der Waals surface area contributed by atoms with E-state index in [2.05, 4.69) is 15.5 Å². The van der Waals surface area contributed by atoms with Crippen LogP contribution in [0.1, 0.15) is 31.1 Å². The third-order valence-corrected chi connectivity index (χ3v) is 2.57. The number of hydrogen-bond acceptors (Lipinski definition) is 4. The van der Waals surface area contributed by atoms with Gasteiger partial charge in [0.05, 0.1) is 6.04 Å². The molecule has 2 rings (SSSR count). The maximum atomic E-state index is 8.75. The van der Waals surface area contributed by atoms with E-state index in [0.29, 0.717) is 6.04 Å². The van der Waals surface area contributed by atoms with Crippen LogP contribution in [-0.4, -0.2) is 33.0 Å². The van der Waals surface area contributed by atoms with Crippen LogP contribution in [0.3, 0.4) is 0 Å². The Morgan fingerprint density at radius 1 is 1.64 bits per heavy atom. The standard InChI is InChI=1S/C9H16N4O/c14-6-2-5-13-7-11-12-9(13)8-3-1-4-10-8/h7-8,10,14H,1-6H2. The molecule has 1 unspecified atom stereocenters. The zero-order valence-electron chi connectivity index (χ0n) is 8.19. The summed E-state index contributed by atoms with van der Waals surface area (Å²) in [5.74, 6) is 1.01. The van der Waals surface area contributed by atoms with Crippen molar-refractivity contribution >= 4 is 0 Å². The van der Waals surface area contributed by atoms with E-state index < -0.39 is 0 Å². The van der Waals surface area contributed by atoms with E-state index >= 15 is 0 Å². The second kappa shape index (κ2) is 4.52. The topological polar surface area (TPSA) is 63.0 Å². The van der Waals surface area contributed by atoms with E-state index in [1.165, 1.54) is 6.42 Å². The summed E-state index contributed by atoms with van der Waals surface area (Å²) in [5, 5.41) is 20.2. The molecule has 0 aromatic carbocycles. The quantitative estimate of drug-likeness (QED) is 0.716. The van der Waals surface area contributed by atoms with Gasteiger partial charge in [-0.2, -0.15) is 0 Å². The highest BCUT2D eigenvalue weighted by Crippen LogP contribution is 2.20. The minimum absolute atomic E-state index is 0.218. The largest absolute Gasteiger partial charge is 0.396 e. The molecule has 2 N–H and O–H groups in total. The van der Waals surface area contributed by atoms with Gasteiger partial charge in [-0.15, -0.1) is 10.2 Å². The van der Waals surface area contributed by atoms with Crippen molar-refractivity contribution in [1.82, 2.24) is 20.1 Å². The molecule has 1 saturated heterocycles. The summed E-state index contributed by atoms with van der Waals surface area (Å²) in [6.07, 6.45) is 4.85. The molecule has 0 radical (unpaired) electrons. The van der Waals surface area contributed by atoms with Crippen LogP contribution < -0.4 is 5.32 Å². The minimum atomic E-state index is 0.218. The second-order valence-electron chi connectivity index (χ2n) is 3.61. The summed E-state index contributed by atoms with van der Waals surface area (Å²) < 4.78 is 2.03. The summed E-state index contributed by atoms with van der Waals surface area (Å²) >= 11 is 0. The molecule has 5 nitrogen and oxygen atoms in total. The van der Waals surface area contributed by atoms with Crippen LogP contribution in [0.25, 0.3) is 0 Å². The Morgan fingerprint density at radius 2 is 2.57 bits per heavy atom. The first-order valence-corrected chi connectivity index (χ1v) is 5.14. The molecule has 0 spiro atoms. The van der Waals surface area contributed by atoms with E-state index in [-0.39, 0.29) is 6.61 Å². The maximum absolute atomic E-state index is 8.75. The number of aromatic nitrogens is 3. The Hall–Kier alpha value is -0.940. The lowest BCUT2D eigenvalue weighted by atomic mass is 10.2. The molecule has 1 aromatic heterocycles. The highest BCUT2D eigenvalue weighted by Gasteiger charge is 2.20. The molecule has 1 atom stereocenters. The number of aryl methyl sites for hydroxylation is 1. The molecule has 14 heavy (non-hydrogen) atoms. The van der Waals surface area contributed by atoms with Gasteiger partial charge in [0.15, 0.2) is 0 Å². The molecule has 2 heterocycles. The van der Waals surface area contributed by atoms with Crippen molar-refractivity contribution in [1.29, 1.82) is 0 Å². The summed E-state index contributed by atoms with van der Waals surface area (Å²) in [7, 11) is 0. The number of nitrogens with zero attached hydrogens (tertiary/aromatic N) is 3. The van der Waals surface area contributed by atoms with Gasteiger partial charge in [0.1, 0.15) is 12.2 Å². The van der Waals surface area contributed by atoms with Crippen molar-refractivity contribution in [3.05, 3.63) is 12.2 Å². The number of nitrogens with one attached hydrogen (secondary N) is 1. The molecule has 78 valence electrons. The Morgan fingerprint density at radius 3 is 3.29 bits per heavy atom. The van der Waals surface area contributed by atoms with E-state index in [0.717, 1.165) is 31.8 Å². The van der Waals surface area contributed by atoms with Gasteiger partial charge in [-0.3, -0.25) is 0 Å². The Labute approximate surface area is 83.2 Å². The Kier molecular flexibility index (Phi) is 3.10. The fraction of sp³-hybridized carbons (Fsp3) is 0.778. The number of aliphatic hydroxyl groups excluding tert-OH is 1. The number of rotatable bonds is 4. The van der Waals surface area contributed by atoms with Crippen LogP contribution >= 0.6 is 0 Å². The average Bonchev–Trinajstić information content (AvgIpc) is 2.84. The zero-order chi connectivity index (χ0) is 9.80. The summed E-state index contributed by atoms with van der Waals surface area (Å²) in [6, 6.07) is 0.358. The van der Waals surface area contributed by atoms with E-state index in [9.17, 15) is 0 Å². The van der Waals surface area contributed by atoms with Crippen LogP contribution in [0, 0.1) is 0 Å². The molecule has 1 aliphatic rings. The molecular formula is C9H16N4O. The smallest absolute Gasteiger partial charge is 0.149 e. The SMILES string of the molecule is OCCCn1cnnc1C1CCCN1. The van der Waals surface area contributed by atoms with Gasteiger partial charge < -0.3 is 15.0 Å². The molecule has 1 aliphatic heterocycles. The van der Waals surface area contributed by atoms with Gasteiger partial charge in [0, 0.05) is 13.2 Å². The van der Waals surface area contributed by atoms with Crippen LogP contribution in [0.2, 0.25) is 0 Å². The van der Waals surface area contributed by atoms with Gasteiger partial charge >= 0.3 is 0 Å². The zero-order valence-corrected chi connectivity index (χ0v) is 8.19. The normalized spacial score (nSPS) is 21.6. The fourth-order valence-corrected chi connectivity index (χ4v) is 1.85. The fourth-order valence-electron chi connectivity index (χ4n) is 1.85. The molecule has 5 heteroatoms. The van der Waals surface area contributed by atoms with Gasteiger partial charge in [0.25, 0.3) is 0 Å². The summed E-state index contributed by atoms with van der Waals surface area (Å²) in [4.78, 5) is 0. The molecule has 1 fully saturated rings. The third-order valence-electron chi connectivity index (χ3n) is 2.57. The van der Waals surface area contributed by atoms with E-state index in [1.54, 1.807) is 6.33 Å². The Balaban J connectivity index is 2.04. The molecule has 0 aliphatic carbocycles. The first-order valence-electron chi connectivity index (χ1n) is 5.14. The molecule has 0 saturated carbocycles. The van der Waals surface area contributed by atoms with Crippen LogP contribution in [0.15, 0.2) is 6.33 Å². The lowest BCUT2D eigenvalue weighted by Gasteiger charge is -2.11. The molecular weight excluding hydrogens is 180 g/mol. The predicted octanol–water partition coefficient (Wildman–Crippen LogP) is 0.0850. The highest BCUT2D eigenvalue weighted by atomic mass is 16.3. The summed E-state index contributed by atoms with van der Waals surface area (Å²) in [5.41, 5.74) is 0. The van der Waals surface area contributed by atoms with Crippen molar-refractivity contribution in [3.8, 4) is 0 Å². The van der Waals surface area contributed by atoms with E-state index in [1.807, 2.05) is 4.57 Å². The monoisotopic (exact) mass is 196 g/mol. The van der Waals surface area contributed by atoms with Gasteiger partial charge in [-0.25, -0.2) is 0 Å². The lowest BCUT2D eigenvalue weighted by Crippen LogP contribution is -2.18. The number of aliphatic hydroxyl groups is 1. The first kappa shape index (κ1) is 9.61. The summed E-state index contributed by atoms with van der Waals surface area (Å²) in [6.45, 7) is 2.09. The molecule has 0 amide bonds. The third kappa shape index (κ3) is 1.93. The van der Waals surface area contributed by atoms with Gasteiger partial charge in [-0.05, 0) is 25.8 Å². The van der Waals surface area contributed by atoms with Crippen molar-refractivity contribution in [2.24, 2.45) is 0 Å². The van der Waals surface area contributed by atoms with Gasteiger partial charge in [-0.1, -0.05) is 0 Å². The average molecular weight is 196 g/mol. The van der Waals surface area contributed by atoms with Crippen molar-refractivity contribution in [3.63, 3.8) is 0 Å². The molecule has 1 aromatic rings. The van der Waals surface area contributed by atoms with Crippen LogP contribution in [-0.2, 0) is 6.54 Å². The first-order chi connectivity index (χ1) is 6.92. The van der Waals surface area contributed by atoms with E-state index in [4.69, 9.17) is 5.11 Å². The van der Waals surface area contributed by atoms with Gasteiger partial charge in [0.2, 0.25) is 0 Å². The lowest BCUT2D eigenvalue weighted by molar-refractivity contribution is 0.278. The second-order valence-corrected chi connectivity index (χ2v) is 3.61. The van der Waals surface area contributed by atoms with Crippen molar-refractivity contribution < 1.29 is 5.11 Å². The van der Waals surface area contributed by atoms with Crippen LogP contribution in [0.4, 0.5) is 0 Å². The Bertz CT molecular complexity index is 280. The number of hydrogen-bond donors (Lipinski definition) is 2. The maximum Gasteiger partial charge on any atom is 0.149 e. The van der Waals surface area contributed by atoms with Crippen molar-refractivity contribution in [2.45, 2.75) is 31.8 Å². The molecule has 0 bridgehead atoms. The van der Waals surface area contributed by atoms with Crippen molar-refractivity contribution in [2.75, 3.05) is 13.2 Å².